The van der Waals surface area contributed by atoms with Gasteiger partial charge in [-0.25, -0.2) is 0 Å². The molecule has 1 saturated heterocycles. The first-order valence-electron chi connectivity index (χ1n) is 11.6. The lowest BCUT2D eigenvalue weighted by Gasteiger charge is -2.47. The number of nitrogens with zero attached hydrogens (tertiary/aromatic N) is 4. The molecule has 2 aromatic rings. The first-order chi connectivity index (χ1) is 14.5. The van der Waals surface area contributed by atoms with Crippen LogP contribution in [-0.2, 0) is 36.3 Å². The molecule has 2 aromatic heterocycles. The number of piperidine rings is 1. The first-order valence-corrected chi connectivity index (χ1v) is 12.5. The number of likely N-dealkylation sites (tertiary alicyclic amines) is 1. The molecule has 0 aromatic carbocycles. The minimum atomic E-state index is -0.785. The molecule has 31 heavy (non-hydrogen) atoms. The highest BCUT2D eigenvalue weighted by Crippen LogP contribution is 2.46. The highest BCUT2D eigenvalue weighted by molar-refractivity contribution is 7.12. The van der Waals surface area contributed by atoms with Crippen LogP contribution in [0.25, 0.3) is 0 Å². The number of hydrogen-bond donors (Lipinski definition) is 1. The molecule has 2 aliphatic heterocycles. The summed E-state index contributed by atoms with van der Waals surface area (Å²) >= 11 is 1.98. The summed E-state index contributed by atoms with van der Waals surface area (Å²) in [6.45, 7) is 15.7. The number of ether oxygens (including phenoxy) is 1. The lowest BCUT2D eigenvalue weighted by molar-refractivity contribution is -0.112. The van der Waals surface area contributed by atoms with Crippen LogP contribution in [0.2, 0.25) is 0 Å². The van der Waals surface area contributed by atoms with Gasteiger partial charge in [-0.05, 0) is 51.7 Å². The standard InChI is InChI=1S/C24H38N4O2S/c1-7-19-12-20-21(31-19)8-11-30-24(20)9-10-27(17(2)13-24)14-18-15-28(26-25-18)16-22(3,4)23(5,6)29/h12,15,17,29H,7-11,13-14,16H2,1-6H3/t17-,24+/m0/s1. The Balaban J connectivity index is 1.42. The molecule has 0 unspecified atom stereocenters. The van der Waals surface area contributed by atoms with Crippen molar-refractivity contribution in [2.24, 2.45) is 5.41 Å². The van der Waals surface area contributed by atoms with Crippen LogP contribution in [-0.4, -0.2) is 49.8 Å². The van der Waals surface area contributed by atoms with Crippen LogP contribution in [0.1, 0.15) is 75.4 Å². The van der Waals surface area contributed by atoms with Crippen molar-refractivity contribution in [3.05, 3.63) is 33.3 Å². The maximum absolute atomic E-state index is 10.4. The zero-order chi connectivity index (χ0) is 22.4. The SMILES string of the molecule is CCc1cc2c(s1)CCO[C@@]21CCN(Cc2cn(CC(C)(C)C(C)(C)O)nn2)[C@@H](C)C1. The quantitative estimate of drug-likeness (QED) is 0.722. The largest absolute Gasteiger partial charge is 0.390 e. The van der Waals surface area contributed by atoms with E-state index in [4.69, 9.17) is 4.74 Å². The summed E-state index contributed by atoms with van der Waals surface area (Å²) in [5.74, 6) is 0. The molecule has 172 valence electrons. The van der Waals surface area contributed by atoms with Gasteiger partial charge in [-0.3, -0.25) is 9.58 Å². The van der Waals surface area contributed by atoms with E-state index in [1.54, 1.807) is 4.88 Å². The van der Waals surface area contributed by atoms with Gasteiger partial charge in [0.1, 0.15) is 0 Å². The minimum absolute atomic E-state index is 0.109. The molecule has 1 N–H and O–H groups in total. The molecule has 6 nitrogen and oxygen atoms in total. The Kier molecular flexibility index (Phi) is 6.09. The van der Waals surface area contributed by atoms with Crippen molar-refractivity contribution in [1.29, 1.82) is 0 Å². The summed E-state index contributed by atoms with van der Waals surface area (Å²) in [5.41, 5.74) is 1.26. The fourth-order valence-corrected chi connectivity index (χ4v) is 5.98. The topological polar surface area (TPSA) is 63.4 Å². The van der Waals surface area contributed by atoms with Gasteiger partial charge in [0.05, 0.1) is 30.0 Å². The summed E-state index contributed by atoms with van der Waals surface area (Å²) < 4.78 is 8.35. The van der Waals surface area contributed by atoms with E-state index >= 15 is 0 Å². The fraction of sp³-hybridized carbons (Fsp3) is 0.750. The number of thiophene rings is 1. The monoisotopic (exact) mass is 446 g/mol. The second-order valence-electron chi connectivity index (χ2n) is 10.6. The number of aliphatic hydroxyl groups is 1. The van der Waals surface area contributed by atoms with Crippen LogP contribution in [0.15, 0.2) is 12.3 Å². The van der Waals surface area contributed by atoms with Gasteiger partial charge in [0.15, 0.2) is 0 Å². The van der Waals surface area contributed by atoms with Crippen LogP contribution in [0.3, 0.4) is 0 Å². The lowest BCUT2D eigenvalue weighted by Crippen LogP contribution is -2.50. The van der Waals surface area contributed by atoms with E-state index in [0.29, 0.717) is 12.6 Å². The third-order valence-corrected chi connectivity index (χ3v) is 8.96. The van der Waals surface area contributed by atoms with Crippen LogP contribution < -0.4 is 0 Å². The summed E-state index contributed by atoms with van der Waals surface area (Å²) in [7, 11) is 0. The smallest absolute Gasteiger partial charge is 0.0969 e. The molecule has 0 saturated carbocycles. The highest BCUT2D eigenvalue weighted by atomic mass is 32.1. The van der Waals surface area contributed by atoms with E-state index in [1.807, 2.05) is 36.1 Å². The Morgan fingerprint density at radius 3 is 2.77 bits per heavy atom. The van der Waals surface area contributed by atoms with Gasteiger partial charge in [-0.2, -0.15) is 0 Å². The van der Waals surface area contributed by atoms with Gasteiger partial charge in [-0.15, -0.1) is 16.4 Å². The Morgan fingerprint density at radius 1 is 1.32 bits per heavy atom. The summed E-state index contributed by atoms with van der Waals surface area (Å²) in [5, 5.41) is 19.2. The van der Waals surface area contributed by atoms with E-state index in [0.717, 1.165) is 51.1 Å². The Hall–Kier alpha value is -1.28. The van der Waals surface area contributed by atoms with Crippen molar-refractivity contribution >= 4 is 11.3 Å². The van der Waals surface area contributed by atoms with Crippen molar-refractivity contribution in [3.8, 4) is 0 Å². The molecule has 7 heteroatoms. The maximum Gasteiger partial charge on any atom is 0.0969 e. The lowest BCUT2D eigenvalue weighted by atomic mass is 9.77. The van der Waals surface area contributed by atoms with Crippen LogP contribution >= 0.6 is 11.3 Å². The number of aromatic nitrogens is 3. The molecule has 0 bridgehead atoms. The second kappa shape index (κ2) is 8.25. The number of fused-ring (bicyclic) bond motifs is 2. The molecule has 0 aliphatic carbocycles. The molecule has 2 atom stereocenters. The van der Waals surface area contributed by atoms with Gasteiger partial charge in [0, 0.05) is 46.9 Å². The first kappa shape index (κ1) is 22.9. The van der Waals surface area contributed by atoms with Gasteiger partial charge in [0.2, 0.25) is 0 Å². The van der Waals surface area contributed by atoms with Gasteiger partial charge < -0.3 is 9.84 Å². The maximum atomic E-state index is 10.4. The van der Waals surface area contributed by atoms with Crippen molar-refractivity contribution < 1.29 is 9.84 Å². The Bertz CT molecular complexity index is 913. The normalized spacial score (nSPS) is 25.2. The molecule has 1 fully saturated rings. The molecule has 1 spiro atoms. The second-order valence-corrected chi connectivity index (χ2v) is 11.8. The molecular formula is C24H38N4O2S. The average Bonchev–Trinajstić information content (AvgIpc) is 3.30. The van der Waals surface area contributed by atoms with Crippen LogP contribution in [0.4, 0.5) is 0 Å². The predicted octanol–water partition coefficient (Wildman–Crippen LogP) is 4.15. The molecule has 4 heterocycles. The third kappa shape index (κ3) is 4.47. The molecule has 0 radical (unpaired) electrons. The minimum Gasteiger partial charge on any atom is -0.390 e. The number of hydrogen-bond acceptors (Lipinski definition) is 6. The Labute approximate surface area is 190 Å². The highest BCUT2D eigenvalue weighted by Gasteiger charge is 2.44. The molecular weight excluding hydrogens is 408 g/mol. The van der Waals surface area contributed by atoms with Gasteiger partial charge in [-0.1, -0.05) is 26.0 Å². The molecule has 2 aliphatic rings. The average molecular weight is 447 g/mol. The summed E-state index contributed by atoms with van der Waals surface area (Å²) in [4.78, 5) is 5.53. The number of rotatable bonds is 6. The zero-order valence-corrected chi connectivity index (χ0v) is 20.8. The van der Waals surface area contributed by atoms with Crippen LogP contribution in [0, 0.1) is 5.41 Å². The molecule has 4 rings (SSSR count). The van der Waals surface area contributed by atoms with E-state index < -0.39 is 5.60 Å². The van der Waals surface area contributed by atoms with Crippen molar-refractivity contribution in [2.75, 3.05) is 13.2 Å². The zero-order valence-electron chi connectivity index (χ0n) is 19.9. The van der Waals surface area contributed by atoms with E-state index in [-0.39, 0.29) is 11.0 Å². The third-order valence-electron chi connectivity index (χ3n) is 7.62. The molecule has 0 amide bonds. The summed E-state index contributed by atoms with van der Waals surface area (Å²) in [6, 6.07) is 2.83. The van der Waals surface area contributed by atoms with Crippen molar-refractivity contribution in [2.45, 2.75) is 97.6 Å². The Morgan fingerprint density at radius 2 is 2.10 bits per heavy atom. The van der Waals surface area contributed by atoms with Crippen molar-refractivity contribution in [3.63, 3.8) is 0 Å². The van der Waals surface area contributed by atoms with Gasteiger partial charge >= 0.3 is 0 Å². The van der Waals surface area contributed by atoms with Gasteiger partial charge in [0.25, 0.3) is 0 Å². The van der Waals surface area contributed by atoms with Crippen LogP contribution in [0.5, 0.6) is 0 Å². The van der Waals surface area contributed by atoms with E-state index in [1.165, 1.54) is 10.4 Å². The van der Waals surface area contributed by atoms with Crippen molar-refractivity contribution in [1.82, 2.24) is 19.9 Å². The summed E-state index contributed by atoms with van der Waals surface area (Å²) in [6.07, 6.45) is 6.26. The fourth-order valence-electron chi connectivity index (χ4n) is 4.80. The van der Waals surface area contributed by atoms with E-state index in [9.17, 15) is 5.11 Å². The number of aryl methyl sites for hydroxylation is 1. The predicted molar refractivity (Wildman–Crippen MR) is 124 cm³/mol. The van der Waals surface area contributed by atoms with E-state index in [2.05, 4.69) is 49.0 Å².